The van der Waals surface area contributed by atoms with Crippen molar-refractivity contribution >= 4 is 34.8 Å². The van der Waals surface area contributed by atoms with Gasteiger partial charge in [-0.15, -0.1) is 0 Å². The third-order valence-electron chi connectivity index (χ3n) is 3.33. The van der Waals surface area contributed by atoms with E-state index in [2.05, 4.69) is 0 Å². The highest BCUT2D eigenvalue weighted by Gasteiger charge is 2.36. The molecule has 4 nitrogen and oxygen atoms in total. The van der Waals surface area contributed by atoms with Gasteiger partial charge in [-0.1, -0.05) is 41.9 Å². The number of hydrogen-bond acceptors (Lipinski definition) is 3. The van der Waals surface area contributed by atoms with E-state index in [4.69, 9.17) is 11.6 Å². The molecule has 0 spiro atoms. The van der Waals surface area contributed by atoms with Crippen molar-refractivity contribution in [1.82, 2.24) is 0 Å². The standard InChI is InChI=1S/C16H10ClNO3/c17-11-6-7-12-13(8-11)18(16(21)15(12)20)9-14(19)10-4-2-1-3-5-10/h1-8H,9H2. The Bertz CT molecular complexity index is 755. The molecule has 0 unspecified atom stereocenters. The van der Waals surface area contributed by atoms with Gasteiger partial charge in [0.15, 0.2) is 5.78 Å². The minimum atomic E-state index is -0.698. The number of hydrogen-bond donors (Lipinski definition) is 0. The van der Waals surface area contributed by atoms with E-state index in [1.165, 1.54) is 17.0 Å². The zero-order valence-electron chi connectivity index (χ0n) is 10.9. The Balaban J connectivity index is 1.93. The van der Waals surface area contributed by atoms with Gasteiger partial charge in [-0.2, -0.15) is 0 Å². The van der Waals surface area contributed by atoms with E-state index >= 15 is 0 Å². The molecule has 0 N–H and O–H groups in total. The van der Waals surface area contributed by atoms with Gasteiger partial charge in [-0.25, -0.2) is 0 Å². The van der Waals surface area contributed by atoms with Crippen LogP contribution in [0.15, 0.2) is 48.5 Å². The van der Waals surface area contributed by atoms with Gasteiger partial charge in [0.2, 0.25) is 0 Å². The molecule has 2 aromatic carbocycles. The fraction of sp³-hybridized carbons (Fsp3) is 0.0625. The van der Waals surface area contributed by atoms with E-state index in [0.717, 1.165) is 0 Å². The van der Waals surface area contributed by atoms with Crippen molar-refractivity contribution < 1.29 is 14.4 Å². The fourth-order valence-corrected chi connectivity index (χ4v) is 2.45. The second-order valence-electron chi connectivity index (χ2n) is 4.67. The smallest absolute Gasteiger partial charge is 0.297 e. The Morgan fingerprint density at radius 3 is 2.48 bits per heavy atom. The first-order valence-electron chi connectivity index (χ1n) is 6.32. The molecule has 1 aliphatic heterocycles. The number of carbonyl (C=O) groups excluding carboxylic acids is 3. The number of benzene rings is 2. The number of amides is 1. The van der Waals surface area contributed by atoms with E-state index in [1.54, 1.807) is 36.4 Å². The summed E-state index contributed by atoms with van der Waals surface area (Å²) in [5.74, 6) is -1.54. The number of carbonyl (C=O) groups is 3. The largest absolute Gasteiger partial charge is 0.299 e. The molecule has 21 heavy (non-hydrogen) atoms. The molecule has 0 radical (unpaired) electrons. The van der Waals surface area contributed by atoms with Gasteiger partial charge in [0, 0.05) is 10.6 Å². The summed E-state index contributed by atoms with van der Waals surface area (Å²) in [5.41, 5.74) is 1.17. The maximum Gasteiger partial charge on any atom is 0.299 e. The second-order valence-corrected chi connectivity index (χ2v) is 5.11. The minimum absolute atomic E-state index is 0.179. The summed E-state index contributed by atoms with van der Waals surface area (Å²) in [6, 6.07) is 13.2. The van der Waals surface area contributed by atoms with Crippen LogP contribution in [0.5, 0.6) is 0 Å². The van der Waals surface area contributed by atoms with Gasteiger partial charge < -0.3 is 0 Å². The van der Waals surface area contributed by atoms with E-state index in [-0.39, 0.29) is 17.9 Å². The Labute approximate surface area is 125 Å². The minimum Gasteiger partial charge on any atom is -0.297 e. The molecule has 0 bridgehead atoms. The number of rotatable bonds is 3. The van der Waals surface area contributed by atoms with Gasteiger partial charge >= 0.3 is 0 Å². The average Bonchev–Trinajstić information content (AvgIpc) is 2.73. The van der Waals surface area contributed by atoms with Crippen LogP contribution in [0.1, 0.15) is 20.7 Å². The molecule has 0 atom stereocenters. The Morgan fingerprint density at radius 2 is 1.76 bits per heavy atom. The Hall–Kier alpha value is -2.46. The molecule has 1 amide bonds. The van der Waals surface area contributed by atoms with Crippen LogP contribution < -0.4 is 4.90 Å². The number of anilines is 1. The van der Waals surface area contributed by atoms with Crippen LogP contribution in [0, 0.1) is 0 Å². The maximum atomic E-state index is 12.2. The zero-order valence-corrected chi connectivity index (χ0v) is 11.6. The number of Topliss-reactive ketones (excluding diaryl/α,β-unsaturated/α-hetero) is 2. The molecule has 3 rings (SSSR count). The van der Waals surface area contributed by atoms with E-state index in [9.17, 15) is 14.4 Å². The highest BCUT2D eigenvalue weighted by Crippen LogP contribution is 2.31. The lowest BCUT2D eigenvalue weighted by atomic mass is 10.1. The van der Waals surface area contributed by atoms with Crippen LogP contribution in [-0.4, -0.2) is 24.0 Å². The van der Waals surface area contributed by atoms with Crippen molar-refractivity contribution in [1.29, 1.82) is 0 Å². The molecule has 0 saturated heterocycles. The lowest BCUT2D eigenvalue weighted by Crippen LogP contribution is -2.34. The normalized spacial score (nSPS) is 13.5. The average molecular weight is 300 g/mol. The fourth-order valence-electron chi connectivity index (χ4n) is 2.28. The Kier molecular flexibility index (Phi) is 3.31. The van der Waals surface area contributed by atoms with Crippen molar-refractivity contribution in [2.24, 2.45) is 0 Å². The Morgan fingerprint density at radius 1 is 1.05 bits per heavy atom. The molecular formula is C16H10ClNO3. The zero-order chi connectivity index (χ0) is 15.0. The third kappa shape index (κ3) is 2.34. The SMILES string of the molecule is O=C(CN1C(=O)C(=O)c2ccc(Cl)cc21)c1ccccc1. The predicted molar refractivity (Wildman–Crippen MR) is 78.9 cm³/mol. The lowest BCUT2D eigenvalue weighted by Gasteiger charge is -2.15. The summed E-state index contributed by atoms with van der Waals surface area (Å²) in [4.78, 5) is 37.3. The summed E-state index contributed by atoms with van der Waals surface area (Å²) in [7, 11) is 0. The summed E-state index contributed by atoms with van der Waals surface area (Å²) < 4.78 is 0. The maximum absolute atomic E-state index is 12.2. The van der Waals surface area contributed by atoms with Crippen molar-refractivity contribution in [2.75, 3.05) is 11.4 Å². The highest BCUT2D eigenvalue weighted by atomic mass is 35.5. The number of halogens is 1. The van der Waals surface area contributed by atoms with E-state index in [1.807, 2.05) is 0 Å². The van der Waals surface area contributed by atoms with Crippen LogP contribution in [0.3, 0.4) is 0 Å². The quantitative estimate of drug-likeness (QED) is 0.647. The molecular weight excluding hydrogens is 290 g/mol. The highest BCUT2D eigenvalue weighted by molar-refractivity contribution is 6.53. The van der Waals surface area contributed by atoms with Crippen LogP contribution in [0.2, 0.25) is 5.02 Å². The summed E-state index contributed by atoms with van der Waals surface area (Å²) in [6.07, 6.45) is 0. The van der Waals surface area contributed by atoms with E-state index in [0.29, 0.717) is 16.3 Å². The van der Waals surface area contributed by atoms with Crippen molar-refractivity contribution in [3.8, 4) is 0 Å². The van der Waals surface area contributed by atoms with Crippen LogP contribution in [0.25, 0.3) is 0 Å². The molecule has 2 aromatic rings. The molecule has 104 valence electrons. The third-order valence-corrected chi connectivity index (χ3v) is 3.57. The van der Waals surface area contributed by atoms with Crippen LogP contribution in [-0.2, 0) is 4.79 Å². The summed E-state index contributed by atoms with van der Waals surface area (Å²) in [6.45, 7) is -0.179. The molecule has 5 heteroatoms. The number of fused-ring (bicyclic) bond motifs is 1. The molecule has 0 aliphatic carbocycles. The van der Waals surface area contributed by atoms with Gasteiger partial charge in [-0.05, 0) is 18.2 Å². The molecule has 1 aliphatic rings. The molecule has 0 saturated carbocycles. The van der Waals surface area contributed by atoms with Crippen molar-refractivity contribution in [3.05, 3.63) is 64.7 Å². The number of ketones is 2. The van der Waals surface area contributed by atoms with Gasteiger partial charge in [0.1, 0.15) is 0 Å². The molecule has 1 heterocycles. The van der Waals surface area contributed by atoms with Gasteiger partial charge in [0.25, 0.3) is 11.7 Å². The lowest BCUT2D eigenvalue weighted by molar-refractivity contribution is -0.114. The summed E-state index contributed by atoms with van der Waals surface area (Å²) in [5, 5.41) is 0.411. The van der Waals surface area contributed by atoms with Crippen molar-refractivity contribution in [3.63, 3.8) is 0 Å². The van der Waals surface area contributed by atoms with Gasteiger partial charge in [0.05, 0.1) is 17.8 Å². The topological polar surface area (TPSA) is 54.5 Å². The molecule has 0 fully saturated rings. The van der Waals surface area contributed by atoms with Crippen LogP contribution in [0.4, 0.5) is 5.69 Å². The first-order chi connectivity index (χ1) is 10.1. The number of nitrogens with zero attached hydrogens (tertiary/aromatic N) is 1. The van der Waals surface area contributed by atoms with Crippen molar-refractivity contribution in [2.45, 2.75) is 0 Å². The second kappa shape index (κ2) is 5.14. The first-order valence-corrected chi connectivity index (χ1v) is 6.70. The van der Waals surface area contributed by atoms with Crippen LogP contribution >= 0.6 is 11.6 Å². The van der Waals surface area contributed by atoms with E-state index < -0.39 is 11.7 Å². The first kappa shape index (κ1) is 13.5. The summed E-state index contributed by atoms with van der Waals surface area (Å²) >= 11 is 5.90. The monoisotopic (exact) mass is 299 g/mol. The van der Waals surface area contributed by atoms with Gasteiger partial charge in [-0.3, -0.25) is 19.3 Å². The predicted octanol–water partition coefficient (Wildman–Crippen LogP) is 2.75. The molecule has 0 aromatic heterocycles.